The second kappa shape index (κ2) is 7.29. The van der Waals surface area contributed by atoms with Gasteiger partial charge in [-0.15, -0.1) is 6.58 Å². The Labute approximate surface area is 111 Å². The van der Waals surface area contributed by atoms with Gasteiger partial charge in [0, 0.05) is 11.1 Å². The van der Waals surface area contributed by atoms with E-state index in [1.54, 1.807) is 24.3 Å². The van der Waals surface area contributed by atoms with Gasteiger partial charge in [0.1, 0.15) is 0 Å². The maximum absolute atomic E-state index is 11.5. The van der Waals surface area contributed by atoms with E-state index in [1.165, 1.54) is 6.08 Å². The zero-order valence-electron chi connectivity index (χ0n) is 9.77. The smallest absolute Gasteiger partial charge is 0.250 e. The molecule has 0 atom stereocenters. The first-order valence-electron chi connectivity index (χ1n) is 5.28. The molecule has 0 aromatic heterocycles. The van der Waals surface area contributed by atoms with Crippen molar-refractivity contribution in [1.29, 1.82) is 0 Å². The number of amides is 1. The standard InChI is InChI=1S/C13H14ClN3O/c1-2-9-16-13(15)17-12(18)8-7-10-5-3-4-6-11(10)14/h2-8H,1,9H2,(H3,15,16,17,18)/b8-7+. The van der Waals surface area contributed by atoms with Gasteiger partial charge >= 0.3 is 0 Å². The van der Waals surface area contributed by atoms with Gasteiger partial charge < -0.3 is 5.73 Å². The molecule has 0 aliphatic rings. The number of nitrogens with one attached hydrogen (secondary N) is 1. The number of aliphatic imine (C=N–C) groups is 1. The number of nitrogens with two attached hydrogens (primary N) is 1. The Bertz CT molecular complexity index is 495. The average Bonchev–Trinajstić information content (AvgIpc) is 2.35. The van der Waals surface area contributed by atoms with Crippen molar-refractivity contribution in [2.24, 2.45) is 10.7 Å². The molecular formula is C13H14ClN3O. The third kappa shape index (κ3) is 4.84. The zero-order chi connectivity index (χ0) is 13.4. The summed E-state index contributed by atoms with van der Waals surface area (Å²) in [7, 11) is 0. The molecule has 94 valence electrons. The van der Waals surface area contributed by atoms with Gasteiger partial charge in [-0.3, -0.25) is 10.1 Å². The normalized spacial score (nSPS) is 11.5. The second-order valence-corrected chi connectivity index (χ2v) is 3.77. The molecule has 0 fully saturated rings. The van der Waals surface area contributed by atoms with Crippen molar-refractivity contribution in [1.82, 2.24) is 5.32 Å². The van der Waals surface area contributed by atoms with E-state index in [0.717, 1.165) is 5.56 Å². The number of hydrogen-bond donors (Lipinski definition) is 2. The fourth-order valence-electron chi connectivity index (χ4n) is 1.15. The minimum Gasteiger partial charge on any atom is -0.370 e. The quantitative estimate of drug-likeness (QED) is 0.377. The van der Waals surface area contributed by atoms with E-state index in [-0.39, 0.29) is 11.9 Å². The van der Waals surface area contributed by atoms with Crippen molar-refractivity contribution in [2.75, 3.05) is 6.54 Å². The van der Waals surface area contributed by atoms with Gasteiger partial charge in [0.2, 0.25) is 0 Å². The van der Waals surface area contributed by atoms with Gasteiger partial charge in [-0.25, -0.2) is 4.99 Å². The molecule has 1 amide bonds. The topological polar surface area (TPSA) is 67.5 Å². The molecule has 18 heavy (non-hydrogen) atoms. The van der Waals surface area contributed by atoms with Gasteiger partial charge in [0.25, 0.3) is 5.91 Å². The highest BCUT2D eigenvalue weighted by Gasteiger charge is 1.98. The van der Waals surface area contributed by atoms with Crippen LogP contribution >= 0.6 is 11.6 Å². The minimum absolute atomic E-state index is 0.0590. The molecule has 1 aromatic carbocycles. The number of benzene rings is 1. The van der Waals surface area contributed by atoms with Crippen LogP contribution in [-0.2, 0) is 4.79 Å². The maximum atomic E-state index is 11.5. The van der Waals surface area contributed by atoms with Gasteiger partial charge in [-0.1, -0.05) is 35.9 Å². The van der Waals surface area contributed by atoms with E-state index in [2.05, 4.69) is 16.9 Å². The lowest BCUT2D eigenvalue weighted by atomic mass is 10.2. The summed E-state index contributed by atoms with van der Waals surface area (Å²) >= 11 is 5.94. The zero-order valence-corrected chi connectivity index (χ0v) is 10.5. The number of carbonyl (C=O) groups excluding carboxylic acids is 1. The molecule has 0 aliphatic heterocycles. The van der Waals surface area contributed by atoms with Crippen molar-refractivity contribution in [2.45, 2.75) is 0 Å². The van der Waals surface area contributed by atoms with E-state index < -0.39 is 0 Å². The number of guanidine groups is 1. The minimum atomic E-state index is -0.361. The summed E-state index contributed by atoms with van der Waals surface area (Å²) in [6.07, 6.45) is 4.54. The Hall–Kier alpha value is -2.07. The van der Waals surface area contributed by atoms with Crippen molar-refractivity contribution >= 4 is 29.5 Å². The van der Waals surface area contributed by atoms with E-state index in [9.17, 15) is 4.79 Å². The molecule has 0 heterocycles. The SMILES string of the molecule is C=CCN=C(N)NC(=O)/C=C/c1ccccc1Cl. The lowest BCUT2D eigenvalue weighted by Gasteiger charge is -2.00. The fourth-order valence-corrected chi connectivity index (χ4v) is 1.34. The Morgan fingerprint density at radius 1 is 1.50 bits per heavy atom. The Morgan fingerprint density at radius 3 is 2.89 bits per heavy atom. The predicted molar refractivity (Wildman–Crippen MR) is 75.3 cm³/mol. The van der Waals surface area contributed by atoms with E-state index in [1.807, 2.05) is 12.1 Å². The summed E-state index contributed by atoms with van der Waals surface area (Å²) in [5.41, 5.74) is 6.23. The van der Waals surface area contributed by atoms with Crippen LogP contribution < -0.4 is 11.1 Å². The molecule has 0 unspecified atom stereocenters. The van der Waals surface area contributed by atoms with Crippen molar-refractivity contribution in [3.63, 3.8) is 0 Å². The van der Waals surface area contributed by atoms with Crippen molar-refractivity contribution < 1.29 is 4.79 Å². The second-order valence-electron chi connectivity index (χ2n) is 3.36. The average molecular weight is 264 g/mol. The third-order valence-electron chi connectivity index (χ3n) is 1.96. The third-order valence-corrected chi connectivity index (χ3v) is 2.31. The first-order chi connectivity index (χ1) is 8.63. The first kappa shape index (κ1) is 14.0. The molecular weight excluding hydrogens is 250 g/mol. The number of halogens is 1. The number of nitrogens with zero attached hydrogens (tertiary/aromatic N) is 1. The molecule has 5 heteroatoms. The van der Waals surface area contributed by atoms with Gasteiger partial charge in [0.15, 0.2) is 5.96 Å². The van der Waals surface area contributed by atoms with Gasteiger partial charge in [0.05, 0.1) is 6.54 Å². The molecule has 0 bridgehead atoms. The van der Waals surface area contributed by atoms with Gasteiger partial charge in [-0.05, 0) is 17.7 Å². The van der Waals surface area contributed by atoms with Crippen LogP contribution in [0.25, 0.3) is 6.08 Å². The largest absolute Gasteiger partial charge is 0.370 e. The van der Waals surface area contributed by atoms with Crippen LogP contribution in [0.1, 0.15) is 5.56 Å². The highest BCUT2D eigenvalue weighted by molar-refractivity contribution is 6.32. The van der Waals surface area contributed by atoms with E-state index >= 15 is 0 Å². The number of rotatable bonds is 4. The van der Waals surface area contributed by atoms with Crippen LogP contribution in [0, 0.1) is 0 Å². The van der Waals surface area contributed by atoms with Crippen LogP contribution in [-0.4, -0.2) is 18.4 Å². The van der Waals surface area contributed by atoms with Crippen LogP contribution in [0.5, 0.6) is 0 Å². The molecule has 0 saturated heterocycles. The summed E-state index contributed by atoms with van der Waals surface area (Å²) in [6, 6.07) is 7.21. The Balaban J connectivity index is 2.60. The molecule has 1 aromatic rings. The highest BCUT2D eigenvalue weighted by Crippen LogP contribution is 2.15. The summed E-state index contributed by atoms with van der Waals surface area (Å²) < 4.78 is 0. The van der Waals surface area contributed by atoms with E-state index in [4.69, 9.17) is 17.3 Å². The molecule has 0 radical (unpaired) electrons. The monoisotopic (exact) mass is 263 g/mol. The van der Waals surface area contributed by atoms with Crippen LogP contribution in [0.2, 0.25) is 5.02 Å². The molecule has 4 nitrogen and oxygen atoms in total. The van der Waals surface area contributed by atoms with Crippen molar-refractivity contribution in [3.8, 4) is 0 Å². The number of carbonyl (C=O) groups is 1. The Kier molecular flexibility index (Phi) is 5.67. The van der Waals surface area contributed by atoms with Gasteiger partial charge in [-0.2, -0.15) is 0 Å². The first-order valence-corrected chi connectivity index (χ1v) is 5.65. The fraction of sp³-hybridized carbons (Fsp3) is 0.0769. The lowest BCUT2D eigenvalue weighted by Crippen LogP contribution is -2.35. The Morgan fingerprint density at radius 2 is 2.22 bits per heavy atom. The van der Waals surface area contributed by atoms with E-state index in [0.29, 0.717) is 11.6 Å². The summed E-state index contributed by atoms with van der Waals surface area (Å²) in [4.78, 5) is 15.3. The number of hydrogen-bond acceptors (Lipinski definition) is 2. The molecule has 0 aliphatic carbocycles. The summed E-state index contributed by atoms with van der Waals surface area (Å²) in [6.45, 7) is 3.85. The highest BCUT2D eigenvalue weighted by atomic mass is 35.5. The molecule has 0 saturated carbocycles. The predicted octanol–water partition coefficient (Wildman–Crippen LogP) is 1.97. The summed E-state index contributed by atoms with van der Waals surface area (Å²) in [5.74, 6) is -0.302. The van der Waals surface area contributed by atoms with Crippen LogP contribution in [0.15, 0.2) is 48.0 Å². The van der Waals surface area contributed by atoms with Crippen molar-refractivity contribution in [3.05, 3.63) is 53.6 Å². The summed E-state index contributed by atoms with van der Waals surface area (Å²) in [5, 5.41) is 2.99. The lowest BCUT2D eigenvalue weighted by molar-refractivity contribution is -0.115. The molecule has 3 N–H and O–H groups in total. The maximum Gasteiger partial charge on any atom is 0.250 e. The molecule has 1 rings (SSSR count). The molecule has 0 spiro atoms. The van der Waals surface area contributed by atoms with Crippen LogP contribution in [0.3, 0.4) is 0 Å². The van der Waals surface area contributed by atoms with Crippen LogP contribution in [0.4, 0.5) is 0 Å².